The summed E-state index contributed by atoms with van der Waals surface area (Å²) in [5.74, 6) is 2.77. The van der Waals surface area contributed by atoms with Crippen LogP contribution in [0.1, 0.15) is 44.1 Å². The highest BCUT2D eigenvalue weighted by molar-refractivity contribution is 7.90. The van der Waals surface area contributed by atoms with Crippen LogP contribution in [-0.2, 0) is 25.4 Å². The third-order valence-corrected chi connectivity index (χ3v) is 9.59. The first-order valence-electron chi connectivity index (χ1n) is 10.5. The molecule has 4 aliphatic carbocycles. The molecular formula is C23H26O5S2. The van der Waals surface area contributed by atoms with Gasteiger partial charge in [0.1, 0.15) is 10.6 Å². The summed E-state index contributed by atoms with van der Waals surface area (Å²) in [6.45, 7) is 0. The molecule has 2 aromatic carbocycles. The predicted molar refractivity (Wildman–Crippen MR) is 114 cm³/mol. The minimum Gasteiger partial charge on any atom is -0.379 e. The first-order valence-corrected chi connectivity index (χ1v) is 13.8. The van der Waals surface area contributed by atoms with E-state index in [2.05, 4.69) is 0 Å². The number of rotatable bonds is 5. The van der Waals surface area contributed by atoms with Gasteiger partial charge in [-0.05, 0) is 97.6 Å². The molecule has 2 aromatic rings. The fourth-order valence-electron chi connectivity index (χ4n) is 6.36. The molecular weight excluding hydrogens is 420 g/mol. The molecule has 4 saturated carbocycles. The summed E-state index contributed by atoms with van der Waals surface area (Å²) in [4.78, 5) is -0.222. The van der Waals surface area contributed by atoms with Crippen LogP contribution in [0.3, 0.4) is 0 Å². The molecule has 0 heterocycles. The van der Waals surface area contributed by atoms with Crippen molar-refractivity contribution in [3.63, 3.8) is 0 Å². The average molecular weight is 447 g/mol. The van der Waals surface area contributed by atoms with Gasteiger partial charge in [0.25, 0.3) is 0 Å². The maximum atomic E-state index is 12.7. The predicted octanol–water partition coefficient (Wildman–Crippen LogP) is 4.33. The lowest BCUT2D eigenvalue weighted by Gasteiger charge is -2.57. The third-order valence-electron chi connectivity index (χ3n) is 7.23. The maximum absolute atomic E-state index is 12.7. The second-order valence-electron chi connectivity index (χ2n) is 9.51. The zero-order valence-corrected chi connectivity index (χ0v) is 18.6. The van der Waals surface area contributed by atoms with E-state index in [-0.39, 0.29) is 21.0 Å². The van der Waals surface area contributed by atoms with E-state index in [9.17, 15) is 16.8 Å². The number of hydrogen-bond donors (Lipinski definition) is 0. The van der Waals surface area contributed by atoms with Crippen LogP contribution in [-0.4, -0.2) is 23.1 Å². The second kappa shape index (κ2) is 6.82. The molecule has 4 fully saturated rings. The summed E-state index contributed by atoms with van der Waals surface area (Å²) in [6, 6.07) is 12.7. The van der Waals surface area contributed by atoms with Crippen molar-refractivity contribution in [2.75, 3.05) is 6.26 Å². The molecule has 5 nitrogen and oxygen atoms in total. The van der Waals surface area contributed by atoms with E-state index < -0.39 is 20.0 Å². The Hall–Kier alpha value is -1.86. The van der Waals surface area contributed by atoms with Crippen LogP contribution < -0.4 is 4.18 Å². The molecule has 7 heteroatoms. The van der Waals surface area contributed by atoms with Crippen molar-refractivity contribution in [3.8, 4) is 5.75 Å². The van der Waals surface area contributed by atoms with Crippen LogP contribution >= 0.6 is 0 Å². The molecule has 0 spiro atoms. The number of hydrogen-bond acceptors (Lipinski definition) is 5. The molecule has 4 aliphatic rings. The molecule has 0 radical (unpaired) electrons. The summed E-state index contributed by atoms with van der Waals surface area (Å²) in [5.41, 5.74) is 1.54. The topological polar surface area (TPSA) is 77.5 Å². The van der Waals surface area contributed by atoms with Gasteiger partial charge in [0.2, 0.25) is 0 Å². The zero-order chi connectivity index (χ0) is 21.1. The third kappa shape index (κ3) is 3.56. The Morgan fingerprint density at radius 3 is 1.87 bits per heavy atom. The lowest BCUT2D eigenvalue weighted by Crippen LogP contribution is -2.48. The maximum Gasteiger partial charge on any atom is 0.339 e. The molecule has 0 amide bonds. The van der Waals surface area contributed by atoms with Crippen molar-refractivity contribution >= 4 is 20.0 Å². The summed E-state index contributed by atoms with van der Waals surface area (Å²) >= 11 is 0. The molecule has 0 atom stereocenters. The molecule has 0 aromatic heterocycles. The van der Waals surface area contributed by atoms with Gasteiger partial charge in [-0.25, -0.2) is 8.42 Å². The second-order valence-corrected chi connectivity index (χ2v) is 13.1. The Kier molecular flexibility index (Phi) is 4.56. The minimum absolute atomic E-state index is 0.0515. The lowest BCUT2D eigenvalue weighted by molar-refractivity contribution is -0.00519. The Morgan fingerprint density at radius 1 is 0.800 bits per heavy atom. The van der Waals surface area contributed by atoms with Crippen LogP contribution in [0.4, 0.5) is 0 Å². The van der Waals surface area contributed by atoms with Gasteiger partial charge in [-0.3, -0.25) is 0 Å². The van der Waals surface area contributed by atoms with Crippen LogP contribution in [0.2, 0.25) is 0 Å². The molecule has 160 valence electrons. The quantitative estimate of drug-likeness (QED) is 0.639. The smallest absolute Gasteiger partial charge is 0.339 e. The molecule has 0 unspecified atom stereocenters. The van der Waals surface area contributed by atoms with Crippen LogP contribution in [0.15, 0.2) is 58.3 Å². The molecule has 0 aliphatic heterocycles. The normalized spacial score (nSPS) is 30.4. The van der Waals surface area contributed by atoms with Crippen molar-refractivity contribution in [2.24, 2.45) is 17.8 Å². The summed E-state index contributed by atoms with van der Waals surface area (Å²) < 4.78 is 54.1. The van der Waals surface area contributed by atoms with Crippen molar-refractivity contribution in [1.82, 2.24) is 0 Å². The van der Waals surface area contributed by atoms with Gasteiger partial charge in [0.05, 0.1) is 4.90 Å². The van der Waals surface area contributed by atoms with E-state index in [4.69, 9.17) is 4.18 Å². The zero-order valence-electron chi connectivity index (χ0n) is 17.0. The fourth-order valence-corrected chi connectivity index (χ4v) is 8.08. The van der Waals surface area contributed by atoms with Crippen LogP contribution in [0, 0.1) is 17.8 Å². The fraction of sp³-hybridized carbons (Fsp3) is 0.478. The first kappa shape index (κ1) is 20.1. The van der Waals surface area contributed by atoms with E-state index in [0.717, 1.165) is 30.1 Å². The molecule has 30 heavy (non-hydrogen) atoms. The highest BCUT2D eigenvalue weighted by Gasteiger charge is 2.51. The van der Waals surface area contributed by atoms with Crippen molar-refractivity contribution in [3.05, 3.63) is 54.1 Å². The van der Waals surface area contributed by atoms with E-state index in [0.29, 0.717) is 0 Å². The van der Waals surface area contributed by atoms with E-state index in [1.165, 1.54) is 62.3 Å². The van der Waals surface area contributed by atoms with Gasteiger partial charge in [0.15, 0.2) is 9.84 Å². The van der Waals surface area contributed by atoms with Gasteiger partial charge >= 0.3 is 10.1 Å². The van der Waals surface area contributed by atoms with Gasteiger partial charge < -0.3 is 4.18 Å². The largest absolute Gasteiger partial charge is 0.379 e. The Bertz CT molecular complexity index is 1150. The van der Waals surface area contributed by atoms with Gasteiger partial charge in [-0.1, -0.05) is 18.2 Å². The summed E-state index contributed by atoms with van der Waals surface area (Å²) in [5, 5.41) is 0. The Balaban J connectivity index is 1.38. The van der Waals surface area contributed by atoms with Crippen molar-refractivity contribution in [1.29, 1.82) is 0 Å². The summed E-state index contributed by atoms with van der Waals surface area (Å²) in [6.07, 6.45) is 8.92. The average Bonchev–Trinajstić information content (AvgIpc) is 2.66. The standard InChI is InChI=1S/C23H26O5S2/c1-29(24,25)21-3-2-4-22(12-21)30(26,27)28-20-7-5-19(6-8-20)23-13-16-9-17(14-23)11-18(10-16)15-23/h2-8,12,16-18H,9-11,13-15H2,1H3. The SMILES string of the molecule is CS(=O)(=O)c1cccc(S(=O)(=O)Oc2ccc(C34CC5CC(CC(C5)C3)C4)cc2)c1. The van der Waals surface area contributed by atoms with Gasteiger partial charge in [-0.15, -0.1) is 0 Å². The van der Waals surface area contributed by atoms with Crippen LogP contribution in [0.5, 0.6) is 5.75 Å². The Labute approximate surface area is 178 Å². The highest BCUT2D eigenvalue weighted by atomic mass is 32.2. The van der Waals surface area contributed by atoms with Crippen LogP contribution in [0.25, 0.3) is 0 Å². The number of benzene rings is 2. The van der Waals surface area contributed by atoms with Gasteiger partial charge in [0, 0.05) is 6.26 Å². The van der Waals surface area contributed by atoms with Crippen molar-refractivity contribution in [2.45, 2.75) is 53.7 Å². The highest BCUT2D eigenvalue weighted by Crippen LogP contribution is 2.60. The van der Waals surface area contributed by atoms with Crippen molar-refractivity contribution < 1.29 is 21.0 Å². The first-order chi connectivity index (χ1) is 14.1. The number of sulfone groups is 1. The Morgan fingerprint density at radius 2 is 1.33 bits per heavy atom. The van der Waals surface area contributed by atoms with Gasteiger partial charge in [-0.2, -0.15) is 8.42 Å². The lowest BCUT2D eigenvalue weighted by atomic mass is 9.48. The van der Waals surface area contributed by atoms with E-state index in [1.54, 1.807) is 12.1 Å². The molecule has 4 bridgehead atoms. The molecule has 6 rings (SSSR count). The minimum atomic E-state index is -4.12. The van der Waals surface area contributed by atoms with E-state index in [1.807, 2.05) is 12.1 Å². The molecule has 0 N–H and O–H groups in total. The molecule has 0 saturated heterocycles. The monoisotopic (exact) mass is 446 g/mol. The summed E-state index contributed by atoms with van der Waals surface area (Å²) in [7, 11) is -7.62. The van der Waals surface area contributed by atoms with E-state index >= 15 is 0 Å².